The Labute approximate surface area is 197 Å². The normalized spacial score (nSPS) is 19.7. The van der Waals surface area contributed by atoms with E-state index in [4.69, 9.17) is 4.98 Å². The van der Waals surface area contributed by atoms with E-state index in [1.807, 2.05) is 24.3 Å². The van der Waals surface area contributed by atoms with Crippen LogP contribution in [0.2, 0.25) is 0 Å². The van der Waals surface area contributed by atoms with E-state index in [2.05, 4.69) is 25.0 Å². The van der Waals surface area contributed by atoms with Crippen LogP contribution in [0.25, 0.3) is 10.3 Å². The van der Waals surface area contributed by atoms with E-state index in [9.17, 15) is 9.18 Å². The van der Waals surface area contributed by atoms with Gasteiger partial charge in [-0.15, -0.1) is 0 Å². The van der Waals surface area contributed by atoms with Crippen LogP contribution in [-0.2, 0) is 4.79 Å². The van der Waals surface area contributed by atoms with E-state index < -0.39 is 0 Å². The molecule has 1 atom stereocenters. The molecule has 1 unspecified atom stereocenters. The van der Waals surface area contributed by atoms with Crippen LogP contribution in [0.3, 0.4) is 0 Å². The number of aromatic nitrogens is 2. The SMILES string of the molecule is O=C(NCCN1CCN(c2ccccc2F)CC1)C1CCCN(c2nc3cccnc3s2)C1. The molecular weight excluding hydrogens is 439 g/mol. The molecule has 0 spiro atoms. The fraction of sp³-hybridized carbons (Fsp3) is 0.458. The van der Waals surface area contributed by atoms with Gasteiger partial charge >= 0.3 is 0 Å². The first kappa shape index (κ1) is 22.0. The van der Waals surface area contributed by atoms with Crippen LogP contribution in [0.4, 0.5) is 15.2 Å². The van der Waals surface area contributed by atoms with Crippen LogP contribution >= 0.6 is 11.3 Å². The fourth-order valence-electron chi connectivity index (χ4n) is 4.66. The molecule has 2 aromatic heterocycles. The maximum absolute atomic E-state index is 14.0. The van der Waals surface area contributed by atoms with Crippen LogP contribution in [0.1, 0.15) is 12.8 Å². The number of halogens is 1. The van der Waals surface area contributed by atoms with Crippen LogP contribution in [0.5, 0.6) is 0 Å². The molecule has 9 heteroatoms. The number of hydrogen-bond acceptors (Lipinski definition) is 7. The van der Waals surface area contributed by atoms with Crippen molar-refractivity contribution >= 4 is 38.4 Å². The van der Waals surface area contributed by atoms with E-state index in [1.54, 1.807) is 23.6 Å². The number of nitrogens with zero attached hydrogens (tertiary/aromatic N) is 5. The largest absolute Gasteiger partial charge is 0.367 e. The smallest absolute Gasteiger partial charge is 0.224 e. The number of carbonyl (C=O) groups excluding carboxylic acids is 1. The first-order valence-corrected chi connectivity index (χ1v) is 12.4. The van der Waals surface area contributed by atoms with Crippen molar-refractivity contribution in [2.24, 2.45) is 5.92 Å². The Balaban J connectivity index is 1.07. The van der Waals surface area contributed by atoms with Gasteiger partial charge in [0.25, 0.3) is 0 Å². The zero-order chi connectivity index (χ0) is 22.6. The van der Waals surface area contributed by atoms with Gasteiger partial charge in [-0.1, -0.05) is 23.5 Å². The van der Waals surface area contributed by atoms with Crippen LogP contribution in [-0.4, -0.2) is 73.1 Å². The number of fused-ring (bicyclic) bond motifs is 1. The van der Waals surface area contributed by atoms with Crippen molar-refractivity contribution < 1.29 is 9.18 Å². The zero-order valence-corrected chi connectivity index (χ0v) is 19.4. The molecular formula is C24H29FN6OS. The average molecular weight is 469 g/mol. The second-order valence-electron chi connectivity index (χ2n) is 8.68. The summed E-state index contributed by atoms with van der Waals surface area (Å²) in [6.07, 6.45) is 3.68. The molecule has 2 fully saturated rings. The first-order chi connectivity index (χ1) is 16.2. The van der Waals surface area contributed by atoms with Gasteiger partial charge in [-0.05, 0) is 37.1 Å². The summed E-state index contributed by atoms with van der Waals surface area (Å²) in [7, 11) is 0. The lowest BCUT2D eigenvalue weighted by atomic mass is 9.97. The lowest BCUT2D eigenvalue weighted by Crippen LogP contribution is -2.49. The van der Waals surface area contributed by atoms with E-state index in [-0.39, 0.29) is 17.6 Å². The summed E-state index contributed by atoms with van der Waals surface area (Å²) < 4.78 is 14.0. The molecule has 0 bridgehead atoms. The molecule has 174 valence electrons. The summed E-state index contributed by atoms with van der Waals surface area (Å²) in [5.41, 5.74) is 1.59. The third-order valence-electron chi connectivity index (χ3n) is 6.51. The second kappa shape index (κ2) is 10.0. The molecule has 2 aliphatic heterocycles. The number of piperidine rings is 1. The summed E-state index contributed by atoms with van der Waals surface area (Å²) >= 11 is 1.59. The van der Waals surface area contributed by atoms with Gasteiger partial charge in [-0.2, -0.15) is 0 Å². The van der Waals surface area contributed by atoms with Crippen molar-refractivity contribution in [3.63, 3.8) is 0 Å². The van der Waals surface area contributed by atoms with E-state index >= 15 is 0 Å². The number of carbonyl (C=O) groups is 1. The van der Waals surface area contributed by atoms with Gasteiger partial charge in [-0.25, -0.2) is 14.4 Å². The summed E-state index contributed by atoms with van der Waals surface area (Å²) in [6, 6.07) is 10.8. The van der Waals surface area contributed by atoms with Crippen LogP contribution in [0.15, 0.2) is 42.6 Å². The molecule has 1 amide bonds. The molecule has 7 nitrogen and oxygen atoms in total. The molecule has 2 aliphatic rings. The van der Waals surface area contributed by atoms with Crippen molar-refractivity contribution in [1.82, 2.24) is 20.2 Å². The van der Waals surface area contributed by atoms with Crippen molar-refractivity contribution in [3.05, 3.63) is 48.4 Å². The minimum atomic E-state index is -0.165. The third kappa shape index (κ3) is 5.09. The quantitative estimate of drug-likeness (QED) is 0.600. The van der Waals surface area contributed by atoms with Crippen molar-refractivity contribution in [2.75, 3.05) is 62.2 Å². The average Bonchev–Trinajstić information content (AvgIpc) is 3.29. The van der Waals surface area contributed by atoms with Crippen molar-refractivity contribution in [3.8, 4) is 0 Å². The number of pyridine rings is 1. The number of hydrogen-bond donors (Lipinski definition) is 1. The van der Waals surface area contributed by atoms with Crippen LogP contribution < -0.4 is 15.1 Å². The minimum Gasteiger partial charge on any atom is -0.367 e. The minimum absolute atomic E-state index is 0.0170. The maximum Gasteiger partial charge on any atom is 0.224 e. The van der Waals surface area contributed by atoms with Gasteiger partial charge in [-0.3, -0.25) is 9.69 Å². The van der Waals surface area contributed by atoms with Gasteiger partial charge < -0.3 is 15.1 Å². The number of nitrogens with one attached hydrogen (secondary N) is 1. The molecule has 1 aromatic carbocycles. The van der Waals surface area contributed by atoms with Gasteiger partial charge in [0.15, 0.2) is 5.13 Å². The number of piperazine rings is 1. The Hall–Kier alpha value is -2.78. The molecule has 5 rings (SSSR count). The van der Waals surface area contributed by atoms with Gasteiger partial charge in [0.2, 0.25) is 5.91 Å². The van der Waals surface area contributed by atoms with E-state index in [0.29, 0.717) is 18.8 Å². The zero-order valence-electron chi connectivity index (χ0n) is 18.6. The van der Waals surface area contributed by atoms with Crippen LogP contribution in [0, 0.1) is 11.7 Å². The molecule has 33 heavy (non-hydrogen) atoms. The van der Waals surface area contributed by atoms with Gasteiger partial charge in [0.05, 0.1) is 11.6 Å². The molecule has 0 radical (unpaired) electrons. The lowest BCUT2D eigenvalue weighted by molar-refractivity contribution is -0.125. The highest BCUT2D eigenvalue weighted by Crippen LogP contribution is 2.30. The Kier molecular flexibility index (Phi) is 6.68. The predicted octanol–water partition coefficient (Wildman–Crippen LogP) is 2.99. The summed E-state index contributed by atoms with van der Waals surface area (Å²) in [5.74, 6) is -0.0533. The summed E-state index contributed by atoms with van der Waals surface area (Å²) in [6.45, 7) is 6.41. The summed E-state index contributed by atoms with van der Waals surface area (Å²) in [5, 5.41) is 4.09. The Morgan fingerprint density at radius 2 is 1.94 bits per heavy atom. The topological polar surface area (TPSA) is 64.6 Å². The summed E-state index contributed by atoms with van der Waals surface area (Å²) in [4.78, 5) is 29.5. The fourth-order valence-corrected chi connectivity index (χ4v) is 5.60. The Morgan fingerprint density at radius 3 is 2.76 bits per heavy atom. The third-order valence-corrected chi connectivity index (χ3v) is 7.55. The van der Waals surface area contributed by atoms with Gasteiger partial charge in [0, 0.05) is 58.6 Å². The molecule has 0 aliphatic carbocycles. The molecule has 3 aromatic rings. The standard InChI is InChI=1S/C24H29FN6OS/c25-19-6-1-2-8-21(19)30-15-13-29(14-16-30)12-10-26-22(32)18-5-4-11-31(17-18)24-28-20-7-3-9-27-23(20)33-24/h1-3,6-9,18H,4-5,10-17H2,(H,26,32). The Morgan fingerprint density at radius 1 is 1.09 bits per heavy atom. The highest BCUT2D eigenvalue weighted by Gasteiger charge is 2.27. The highest BCUT2D eigenvalue weighted by molar-refractivity contribution is 7.21. The van der Waals surface area contributed by atoms with Crippen molar-refractivity contribution in [1.29, 1.82) is 0 Å². The van der Waals surface area contributed by atoms with E-state index in [1.165, 1.54) is 6.07 Å². The predicted molar refractivity (Wildman–Crippen MR) is 130 cm³/mol. The van der Waals surface area contributed by atoms with E-state index in [0.717, 1.165) is 67.6 Å². The lowest BCUT2D eigenvalue weighted by Gasteiger charge is -2.36. The number of thiazole rings is 1. The number of benzene rings is 1. The molecule has 2 saturated heterocycles. The second-order valence-corrected chi connectivity index (χ2v) is 9.64. The molecule has 4 heterocycles. The molecule has 1 N–H and O–H groups in total. The maximum atomic E-state index is 14.0. The molecule has 0 saturated carbocycles. The highest BCUT2D eigenvalue weighted by atomic mass is 32.1. The number of amides is 1. The number of anilines is 2. The van der Waals surface area contributed by atoms with Crippen molar-refractivity contribution in [2.45, 2.75) is 12.8 Å². The first-order valence-electron chi connectivity index (χ1n) is 11.6. The number of para-hydroxylation sites is 1. The van der Waals surface area contributed by atoms with Gasteiger partial charge in [0.1, 0.15) is 16.2 Å². The monoisotopic (exact) mass is 468 g/mol. The number of rotatable bonds is 6. The Bertz CT molecular complexity index is 1070.